The van der Waals surface area contributed by atoms with E-state index in [4.69, 9.17) is 5.73 Å². The highest BCUT2D eigenvalue weighted by Gasteiger charge is 2.16. The van der Waals surface area contributed by atoms with E-state index in [0.717, 1.165) is 22.3 Å². The Hall–Kier alpha value is -2.82. The molecule has 0 aliphatic carbocycles. The van der Waals surface area contributed by atoms with Crippen LogP contribution in [0.25, 0.3) is 16.9 Å². The van der Waals surface area contributed by atoms with E-state index in [1.54, 1.807) is 12.1 Å². The van der Waals surface area contributed by atoms with E-state index in [1.807, 2.05) is 45.0 Å². The zero-order valence-electron chi connectivity index (χ0n) is 12.8. The maximum Gasteiger partial charge on any atom is 0.156 e. The molecule has 3 N–H and O–H groups in total. The number of hydrogen-bond donors (Lipinski definition) is 2. The third-order valence-corrected chi connectivity index (χ3v) is 3.71. The number of nitrogens with zero attached hydrogens (tertiary/aromatic N) is 3. The molecule has 3 rings (SSSR count). The van der Waals surface area contributed by atoms with Gasteiger partial charge in [0.15, 0.2) is 5.82 Å². The Labute approximate surface area is 129 Å². The lowest BCUT2D eigenvalue weighted by atomic mass is 10.0. The van der Waals surface area contributed by atoms with Gasteiger partial charge in [0.05, 0.1) is 0 Å². The van der Waals surface area contributed by atoms with Crippen LogP contribution in [0.4, 0.5) is 5.82 Å². The fourth-order valence-electron chi connectivity index (χ4n) is 2.46. The summed E-state index contributed by atoms with van der Waals surface area (Å²) in [6, 6.07) is 11.5. The molecule has 0 saturated carbocycles. The number of aryl methyl sites for hydroxylation is 3. The standard InChI is InChI=1S/C17H18N4O/c1-10-4-6-12(3)13(8-10)16-17(18)21(20-19-16)14-7-5-11(2)9-15(14)22/h4-9,22H,18H2,1-3H3. The van der Waals surface area contributed by atoms with Gasteiger partial charge < -0.3 is 10.8 Å². The van der Waals surface area contributed by atoms with Gasteiger partial charge >= 0.3 is 0 Å². The second-order valence-corrected chi connectivity index (χ2v) is 5.55. The van der Waals surface area contributed by atoms with Crippen LogP contribution in [0.1, 0.15) is 16.7 Å². The number of nitrogen functional groups attached to an aromatic ring is 1. The Morgan fingerprint density at radius 3 is 2.41 bits per heavy atom. The molecule has 0 aliphatic rings. The van der Waals surface area contributed by atoms with Gasteiger partial charge in [-0.2, -0.15) is 4.68 Å². The molecule has 0 aliphatic heterocycles. The summed E-state index contributed by atoms with van der Waals surface area (Å²) in [6.45, 7) is 5.95. The Balaban J connectivity index is 2.15. The van der Waals surface area contributed by atoms with Crippen LogP contribution in [0, 0.1) is 20.8 Å². The lowest BCUT2D eigenvalue weighted by Crippen LogP contribution is -2.03. The van der Waals surface area contributed by atoms with Gasteiger partial charge in [-0.1, -0.05) is 29.0 Å². The number of aromatic nitrogens is 3. The fraction of sp³-hybridized carbons (Fsp3) is 0.176. The first-order chi connectivity index (χ1) is 10.5. The monoisotopic (exact) mass is 294 g/mol. The molecule has 5 heteroatoms. The number of rotatable bonds is 2. The maximum atomic E-state index is 10.1. The first-order valence-electron chi connectivity index (χ1n) is 7.06. The lowest BCUT2D eigenvalue weighted by molar-refractivity contribution is 0.469. The van der Waals surface area contributed by atoms with E-state index >= 15 is 0 Å². The molecule has 0 unspecified atom stereocenters. The molecule has 0 spiro atoms. The van der Waals surface area contributed by atoms with E-state index in [9.17, 15) is 5.11 Å². The molecular weight excluding hydrogens is 276 g/mol. The number of aromatic hydroxyl groups is 1. The molecule has 1 aromatic heterocycles. The van der Waals surface area contributed by atoms with Gasteiger partial charge in [0.25, 0.3) is 0 Å². The van der Waals surface area contributed by atoms with Crippen molar-refractivity contribution in [2.45, 2.75) is 20.8 Å². The minimum Gasteiger partial charge on any atom is -0.506 e. The zero-order valence-corrected chi connectivity index (χ0v) is 12.8. The minimum atomic E-state index is 0.129. The smallest absolute Gasteiger partial charge is 0.156 e. The molecule has 22 heavy (non-hydrogen) atoms. The number of phenolic OH excluding ortho intramolecular Hbond substituents is 1. The Bertz CT molecular complexity index is 852. The summed E-state index contributed by atoms with van der Waals surface area (Å²) in [6.07, 6.45) is 0. The molecule has 0 saturated heterocycles. The summed E-state index contributed by atoms with van der Waals surface area (Å²) in [5.74, 6) is 0.539. The van der Waals surface area contributed by atoms with Gasteiger partial charge in [0.1, 0.15) is 17.1 Å². The molecule has 0 atom stereocenters. The highest BCUT2D eigenvalue weighted by atomic mass is 16.3. The van der Waals surface area contributed by atoms with Crippen LogP contribution in [0.15, 0.2) is 36.4 Å². The number of nitrogens with two attached hydrogens (primary N) is 1. The van der Waals surface area contributed by atoms with Crippen LogP contribution >= 0.6 is 0 Å². The van der Waals surface area contributed by atoms with Crippen molar-refractivity contribution in [3.63, 3.8) is 0 Å². The van der Waals surface area contributed by atoms with Crippen molar-refractivity contribution in [2.24, 2.45) is 0 Å². The van der Waals surface area contributed by atoms with Crippen molar-refractivity contribution in [3.8, 4) is 22.7 Å². The predicted octanol–water partition coefficient (Wildman–Crippen LogP) is 3.15. The summed E-state index contributed by atoms with van der Waals surface area (Å²) < 4.78 is 1.46. The fourth-order valence-corrected chi connectivity index (χ4v) is 2.46. The van der Waals surface area contributed by atoms with E-state index in [2.05, 4.69) is 10.3 Å². The SMILES string of the molecule is Cc1ccc(-n2nnc(-c3cc(C)ccc3C)c2N)c(O)c1. The maximum absolute atomic E-state index is 10.1. The third-order valence-electron chi connectivity index (χ3n) is 3.71. The molecule has 1 heterocycles. The normalized spacial score (nSPS) is 10.9. The number of anilines is 1. The highest BCUT2D eigenvalue weighted by Crippen LogP contribution is 2.31. The molecule has 3 aromatic rings. The van der Waals surface area contributed by atoms with Gasteiger partial charge in [-0.05, 0) is 50.1 Å². The minimum absolute atomic E-state index is 0.129. The van der Waals surface area contributed by atoms with Gasteiger partial charge in [0.2, 0.25) is 0 Å². The van der Waals surface area contributed by atoms with Crippen LogP contribution in [-0.4, -0.2) is 20.1 Å². The average Bonchev–Trinajstić information content (AvgIpc) is 2.83. The predicted molar refractivity (Wildman–Crippen MR) is 87.1 cm³/mol. The Morgan fingerprint density at radius 2 is 1.68 bits per heavy atom. The molecule has 2 aromatic carbocycles. The Kier molecular flexibility index (Phi) is 3.33. The van der Waals surface area contributed by atoms with Crippen LogP contribution < -0.4 is 5.73 Å². The Morgan fingerprint density at radius 1 is 1.00 bits per heavy atom. The quantitative estimate of drug-likeness (QED) is 0.761. The van der Waals surface area contributed by atoms with Crippen molar-refractivity contribution in [3.05, 3.63) is 53.1 Å². The van der Waals surface area contributed by atoms with Crippen LogP contribution in [-0.2, 0) is 0 Å². The summed E-state index contributed by atoms with van der Waals surface area (Å²) in [5.41, 5.74) is 11.5. The summed E-state index contributed by atoms with van der Waals surface area (Å²) in [7, 11) is 0. The van der Waals surface area contributed by atoms with Crippen LogP contribution in [0.5, 0.6) is 5.75 Å². The topological polar surface area (TPSA) is 77.0 Å². The molecular formula is C17H18N4O. The van der Waals surface area contributed by atoms with Crippen molar-refractivity contribution in [1.29, 1.82) is 0 Å². The van der Waals surface area contributed by atoms with Gasteiger partial charge in [-0.25, -0.2) is 0 Å². The van der Waals surface area contributed by atoms with Crippen molar-refractivity contribution >= 4 is 5.82 Å². The first kappa shape index (κ1) is 14.1. The van der Waals surface area contributed by atoms with E-state index in [1.165, 1.54) is 4.68 Å². The molecule has 0 fully saturated rings. The number of benzene rings is 2. The summed E-state index contributed by atoms with van der Waals surface area (Å²) in [5, 5.41) is 18.4. The zero-order chi connectivity index (χ0) is 15.9. The van der Waals surface area contributed by atoms with E-state index in [-0.39, 0.29) is 5.75 Å². The van der Waals surface area contributed by atoms with Crippen LogP contribution in [0.2, 0.25) is 0 Å². The number of phenols is 1. The van der Waals surface area contributed by atoms with E-state index < -0.39 is 0 Å². The van der Waals surface area contributed by atoms with Gasteiger partial charge in [0, 0.05) is 5.56 Å². The third kappa shape index (κ3) is 2.30. The average molecular weight is 294 g/mol. The van der Waals surface area contributed by atoms with Gasteiger partial charge in [-0.3, -0.25) is 0 Å². The highest BCUT2D eigenvalue weighted by molar-refractivity contribution is 5.74. The number of hydrogen-bond acceptors (Lipinski definition) is 4. The summed E-state index contributed by atoms with van der Waals surface area (Å²) >= 11 is 0. The second-order valence-electron chi connectivity index (χ2n) is 5.55. The molecule has 0 radical (unpaired) electrons. The van der Waals surface area contributed by atoms with Crippen LogP contribution in [0.3, 0.4) is 0 Å². The van der Waals surface area contributed by atoms with Gasteiger partial charge in [-0.15, -0.1) is 5.10 Å². The molecule has 5 nitrogen and oxygen atoms in total. The van der Waals surface area contributed by atoms with Crippen molar-refractivity contribution in [2.75, 3.05) is 5.73 Å². The van der Waals surface area contributed by atoms with Crippen molar-refractivity contribution in [1.82, 2.24) is 15.0 Å². The van der Waals surface area contributed by atoms with E-state index in [0.29, 0.717) is 17.2 Å². The summed E-state index contributed by atoms with van der Waals surface area (Å²) in [4.78, 5) is 0. The molecule has 112 valence electrons. The molecule has 0 bridgehead atoms. The second kappa shape index (κ2) is 5.18. The van der Waals surface area contributed by atoms with Crippen molar-refractivity contribution < 1.29 is 5.11 Å². The first-order valence-corrected chi connectivity index (χ1v) is 7.06. The largest absolute Gasteiger partial charge is 0.506 e. The molecule has 0 amide bonds. The lowest BCUT2D eigenvalue weighted by Gasteiger charge is -2.08.